The summed E-state index contributed by atoms with van der Waals surface area (Å²) in [7, 11) is 0. The molecule has 0 N–H and O–H groups in total. The van der Waals surface area contributed by atoms with Crippen molar-refractivity contribution in [3.63, 3.8) is 0 Å². The molecule has 0 aliphatic heterocycles. The SMILES string of the molecule is CCCC(C)COc1ccc(Cl)nc1. The molecule has 1 heterocycles. The third-order valence-electron chi connectivity index (χ3n) is 2.02. The van der Waals surface area contributed by atoms with Crippen LogP contribution in [0, 0.1) is 5.92 Å². The molecule has 0 aliphatic rings. The van der Waals surface area contributed by atoms with Crippen molar-refractivity contribution in [2.45, 2.75) is 26.7 Å². The second-order valence-electron chi connectivity index (χ2n) is 3.52. The van der Waals surface area contributed by atoms with Crippen molar-refractivity contribution in [3.05, 3.63) is 23.5 Å². The summed E-state index contributed by atoms with van der Waals surface area (Å²) >= 11 is 5.66. The van der Waals surface area contributed by atoms with Gasteiger partial charge in [0.1, 0.15) is 10.9 Å². The first kappa shape index (κ1) is 11.3. The predicted molar refractivity (Wildman–Crippen MR) is 58.8 cm³/mol. The van der Waals surface area contributed by atoms with Crippen LogP contribution in [0.25, 0.3) is 0 Å². The van der Waals surface area contributed by atoms with Crippen molar-refractivity contribution in [2.24, 2.45) is 5.92 Å². The summed E-state index contributed by atoms with van der Waals surface area (Å²) in [6, 6.07) is 3.58. The lowest BCUT2D eigenvalue weighted by Crippen LogP contribution is -2.08. The number of hydrogen-bond donors (Lipinski definition) is 0. The third kappa shape index (κ3) is 3.97. The monoisotopic (exact) mass is 213 g/mol. The Hall–Kier alpha value is -0.760. The molecule has 0 bridgehead atoms. The Morgan fingerprint density at radius 1 is 1.50 bits per heavy atom. The second kappa shape index (κ2) is 5.86. The zero-order valence-corrected chi connectivity index (χ0v) is 9.42. The molecule has 0 saturated heterocycles. The lowest BCUT2D eigenvalue weighted by Gasteiger charge is -2.11. The van der Waals surface area contributed by atoms with Gasteiger partial charge in [0.25, 0.3) is 0 Å². The van der Waals surface area contributed by atoms with E-state index in [2.05, 4.69) is 18.8 Å². The van der Waals surface area contributed by atoms with Gasteiger partial charge in [0.2, 0.25) is 0 Å². The van der Waals surface area contributed by atoms with E-state index in [-0.39, 0.29) is 0 Å². The zero-order valence-electron chi connectivity index (χ0n) is 8.66. The average Bonchev–Trinajstić information content (AvgIpc) is 2.17. The van der Waals surface area contributed by atoms with E-state index < -0.39 is 0 Å². The molecule has 78 valence electrons. The van der Waals surface area contributed by atoms with Gasteiger partial charge in [-0.15, -0.1) is 0 Å². The predicted octanol–water partition coefficient (Wildman–Crippen LogP) is 3.55. The molecule has 1 atom stereocenters. The Morgan fingerprint density at radius 2 is 2.29 bits per heavy atom. The summed E-state index contributed by atoms with van der Waals surface area (Å²) in [6.07, 6.45) is 4.05. The highest BCUT2D eigenvalue weighted by Crippen LogP contribution is 2.14. The highest BCUT2D eigenvalue weighted by molar-refractivity contribution is 6.29. The maximum absolute atomic E-state index is 5.66. The molecule has 0 spiro atoms. The first-order valence-corrected chi connectivity index (χ1v) is 5.34. The average molecular weight is 214 g/mol. The van der Waals surface area contributed by atoms with Crippen molar-refractivity contribution in [2.75, 3.05) is 6.61 Å². The van der Waals surface area contributed by atoms with Crippen LogP contribution in [-0.4, -0.2) is 11.6 Å². The van der Waals surface area contributed by atoms with E-state index in [4.69, 9.17) is 16.3 Å². The second-order valence-corrected chi connectivity index (χ2v) is 3.91. The smallest absolute Gasteiger partial charge is 0.137 e. The standard InChI is InChI=1S/C11H16ClNO/c1-3-4-9(2)8-14-10-5-6-11(12)13-7-10/h5-7,9H,3-4,8H2,1-2H3. The number of pyridine rings is 1. The number of aromatic nitrogens is 1. The summed E-state index contributed by atoms with van der Waals surface area (Å²) in [5.74, 6) is 1.38. The van der Waals surface area contributed by atoms with Gasteiger partial charge < -0.3 is 4.74 Å². The molecule has 0 aromatic carbocycles. The fraction of sp³-hybridized carbons (Fsp3) is 0.545. The summed E-state index contributed by atoms with van der Waals surface area (Å²) in [4.78, 5) is 3.94. The van der Waals surface area contributed by atoms with E-state index in [0.717, 1.165) is 12.4 Å². The first-order valence-electron chi connectivity index (χ1n) is 4.96. The molecule has 0 fully saturated rings. The van der Waals surface area contributed by atoms with E-state index >= 15 is 0 Å². The zero-order chi connectivity index (χ0) is 10.4. The Morgan fingerprint density at radius 3 is 2.86 bits per heavy atom. The lowest BCUT2D eigenvalue weighted by molar-refractivity contribution is 0.251. The molecular formula is C11H16ClNO. The van der Waals surface area contributed by atoms with Crippen LogP contribution in [0.2, 0.25) is 5.15 Å². The Bertz CT molecular complexity index is 260. The third-order valence-corrected chi connectivity index (χ3v) is 2.24. The van der Waals surface area contributed by atoms with Gasteiger partial charge in [-0.1, -0.05) is 31.9 Å². The minimum absolute atomic E-state index is 0.499. The van der Waals surface area contributed by atoms with Gasteiger partial charge in [-0.05, 0) is 24.5 Å². The maximum Gasteiger partial charge on any atom is 0.137 e. The molecule has 1 aromatic heterocycles. The summed E-state index contributed by atoms with van der Waals surface area (Å²) in [5.41, 5.74) is 0. The van der Waals surface area contributed by atoms with Gasteiger partial charge in [-0.25, -0.2) is 4.98 Å². The molecule has 3 heteroatoms. The van der Waals surface area contributed by atoms with Crippen molar-refractivity contribution < 1.29 is 4.74 Å². The minimum Gasteiger partial charge on any atom is -0.492 e. The molecular weight excluding hydrogens is 198 g/mol. The molecule has 14 heavy (non-hydrogen) atoms. The van der Waals surface area contributed by atoms with Crippen LogP contribution in [0.3, 0.4) is 0 Å². The van der Waals surface area contributed by atoms with Crippen molar-refractivity contribution in [1.29, 1.82) is 0 Å². The van der Waals surface area contributed by atoms with E-state index in [1.807, 2.05) is 6.07 Å². The first-order chi connectivity index (χ1) is 6.72. The largest absolute Gasteiger partial charge is 0.492 e. The molecule has 1 aromatic rings. The normalized spacial score (nSPS) is 12.5. The number of hydrogen-bond acceptors (Lipinski definition) is 2. The van der Waals surface area contributed by atoms with Crippen LogP contribution in [0.5, 0.6) is 5.75 Å². The highest BCUT2D eigenvalue weighted by Gasteiger charge is 2.01. The maximum atomic E-state index is 5.66. The highest BCUT2D eigenvalue weighted by atomic mass is 35.5. The number of halogens is 1. The molecule has 0 radical (unpaired) electrons. The van der Waals surface area contributed by atoms with E-state index in [1.165, 1.54) is 12.8 Å². The molecule has 2 nitrogen and oxygen atoms in total. The van der Waals surface area contributed by atoms with Crippen LogP contribution >= 0.6 is 11.6 Å². The lowest BCUT2D eigenvalue weighted by atomic mass is 10.1. The van der Waals surface area contributed by atoms with E-state index in [1.54, 1.807) is 12.3 Å². The van der Waals surface area contributed by atoms with Crippen molar-refractivity contribution >= 4 is 11.6 Å². The summed E-state index contributed by atoms with van der Waals surface area (Å²) in [6.45, 7) is 5.12. The number of ether oxygens (including phenoxy) is 1. The molecule has 0 amide bonds. The van der Waals surface area contributed by atoms with Crippen molar-refractivity contribution in [1.82, 2.24) is 4.98 Å². The topological polar surface area (TPSA) is 22.1 Å². The van der Waals surface area contributed by atoms with Gasteiger partial charge in [-0.2, -0.15) is 0 Å². The quantitative estimate of drug-likeness (QED) is 0.698. The van der Waals surface area contributed by atoms with Crippen LogP contribution < -0.4 is 4.74 Å². The van der Waals surface area contributed by atoms with Gasteiger partial charge in [0.05, 0.1) is 12.8 Å². The van der Waals surface area contributed by atoms with Gasteiger partial charge in [0.15, 0.2) is 0 Å². The minimum atomic E-state index is 0.499. The number of nitrogens with zero attached hydrogens (tertiary/aromatic N) is 1. The van der Waals surface area contributed by atoms with Crippen LogP contribution in [0.1, 0.15) is 26.7 Å². The Kier molecular flexibility index (Phi) is 4.74. The van der Waals surface area contributed by atoms with Crippen LogP contribution in [-0.2, 0) is 0 Å². The molecule has 0 saturated carbocycles. The van der Waals surface area contributed by atoms with Gasteiger partial charge in [-0.3, -0.25) is 0 Å². The summed E-state index contributed by atoms with van der Waals surface area (Å²) < 4.78 is 5.55. The molecule has 1 rings (SSSR count). The van der Waals surface area contributed by atoms with Crippen LogP contribution in [0.15, 0.2) is 18.3 Å². The van der Waals surface area contributed by atoms with E-state index in [9.17, 15) is 0 Å². The van der Waals surface area contributed by atoms with Crippen LogP contribution in [0.4, 0.5) is 0 Å². The molecule has 0 aliphatic carbocycles. The van der Waals surface area contributed by atoms with Crippen molar-refractivity contribution in [3.8, 4) is 5.75 Å². The fourth-order valence-electron chi connectivity index (χ4n) is 1.26. The van der Waals surface area contributed by atoms with E-state index in [0.29, 0.717) is 11.1 Å². The summed E-state index contributed by atoms with van der Waals surface area (Å²) in [5, 5.41) is 0.499. The molecule has 1 unspecified atom stereocenters. The Balaban J connectivity index is 2.34. The Labute approximate surface area is 90.3 Å². The van der Waals surface area contributed by atoms with Gasteiger partial charge in [0, 0.05) is 0 Å². The van der Waals surface area contributed by atoms with Gasteiger partial charge >= 0.3 is 0 Å². The number of rotatable bonds is 5. The fourth-order valence-corrected chi connectivity index (χ4v) is 1.37.